The standard InChI is InChI=1S/C20H18N2O2/c23-20(15-5-6-16-12-21-9-7-14(16)11-15)24-10-8-17-13-22-19-4-2-1-3-18(17)19/h1-4,7,9,11-13,22H,5-6,8,10H2. The minimum atomic E-state index is -0.211. The van der Waals surface area contributed by atoms with Gasteiger partial charge in [-0.1, -0.05) is 18.2 Å². The zero-order chi connectivity index (χ0) is 16.4. The van der Waals surface area contributed by atoms with Crippen molar-refractivity contribution in [2.75, 3.05) is 6.61 Å². The van der Waals surface area contributed by atoms with Gasteiger partial charge >= 0.3 is 5.97 Å². The molecule has 0 spiro atoms. The molecular formula is C20H18N2O2. The van der Waals surface area contributed by atoms with Crippen LogP contribution in [0.4, 0.5) is 0 Å². The van der Waals surface area contributed by atoms with Gasteiger partial charge in [-0.15, -0.1) is 0 Å². The zero-order valence-corrected chi connectivity index (χ0v) is 13.3. The molecule has 1 aliphatic rings. The van der Waals surface area contributed by atoms with Gasteiger partial charge in [0.05, 0.1) is 6.61 Å². The quantitative estimate of drug-likeness (QED) is 0.747. The van der Waals surface area contributed by atoms with Crippen molar-refractivity contribution in [3.8, 4) is 0 Å². The highest BCUT2D eigenvalue weighted by atomic mass is 16.5. The van der Waals surface area contributed by atoms with Gasteiger partial charge in [-0.3, -0.25) is 4.98 Å². The summed E-state index contributed by atoms with van der Waals surface area (Å²) in [6, 6.07) is 10.1. The second-order valence-electron chi connectivity index (χ2n) is 5.99. The van der Waals surface area contributed by atoms with Gasteiger partial charge < -0.3 is 9.72 Å². The maximum atomic E-state index is 12.3. The minimum absolute atomic E-state index is 0.211. The first-order valence-corrected chi connectivity index (χ1v) is 8.17. The predicted molar refractivity (Wildman–Crippen MR) is 93.5 cm³/mol. The number of ether oxygens (including phenoxy) is 1. The Kier molecular flexibility index (Phi) is 3.87. The van der Waals surface area contributed by atoms with E-state index in [2.05, 4.69) is 16.0 Å². The number of aryl methyl sites for hydroxylation is 1. The second kappa shape index (κ2) is 6.32. The Balaban J connectivity index is 1.40. The van der Waals surface area contributed by atoms with Gasteiger partial charge in [0.15, 0.2) is 0 Å². The fraction of sp³-hybridized carbons (Fsp3) is 0.200. The lowest BCUT2D eigenvalue weighted by Crippen LogP contribution is -2.13. The largest absolute Gasteiger partial charge is 0.462 e. The summed E-state index contributed by atoms with van der Waals surface area (Å²) in [6.07, 6.45) is 9.79. The number of hydrogen-bond acceptors (Lipinski definition) is 3. The highest BCUT2D eigenvalue weighted by Gasteiger charge is 2.17. The molecule has 24 heavy (non-hydrogen) atoms. The molecule has 2 heterocycles. The summed E-state index contributed by atoms with van der Waals surface area (Å²) >= 11 is 0. The molecular weight excluding hydrogens is 300 g/mol. The molecule has 0 amide bonds. The van der Waals surface area contributed by atoms with Crippen LogP contribution in [0.1, 0.15) is 23.1 Å². The number of para-hydroxylation sites is 1. The second-order valence-corrected chi connectivity index (χ2v) is 5.99. The fourth-order valence-electron chi connectivity index (χ4n) is 3.16. The Hall–Kier alpha value is -2.88. The van der Waals surface area contributed by atoms with Crippen LogP contribution in [0.3, 0.4) is 0 Å². The third-order valence-corrected chi connectivity index (χ3v) is 4.48. The first-order chi connectivity index (χ1) is 11.8. The van der Waals surface area contributed by atoms with E-state index in [1.165, 1.54) is 16.5 Å². The number of nitrogens with one attached hydrogen (secondary N) is 1. The van der Waals surface area contributed by atoms with Crippen LogP contribution in [-0.2, 0) is 22.4 Å². The maximum absolute atomic E-state index is 12.3. The molecule has 0 fully saturated rings. The Morgan fingerprint density at radius 3 is 3.08 bits per heavy atom. The average molecular weight is 318 g/mol. The molecule has 0 aliphatic heterocycles. The molecule has 1 N–H and O–H groups in total. The van der Waals surface area contributed by atoms with Gasteiger partial charge in [-0.2, -0.15) is 0 Å². The van der Waals surface area contributed by atoms with Crippen LogP contribution in [0.25, 0.3) is 17.0 Å². The van der Waals surface area contributed by atoms with Crippen LogP contribution >= 0.6 is 0 Å². The molecule has 1 aromatic carbocycles. The predicted octanol–water partition coefficient (Wildman–Crippen LogP) is 3.68. The molecule has 0 saturated heterocycles. The van der Waals surface area contributed by atoms with Crippen LogP contribution in [0.5, 0.6) is 0 Å². The summed E-state index contributed by atoms with van der Waals surface area (Å²) in [5.41, 5.74) is 5.28. The Labute approximate surface area is 140 Å². The van der Waals surface area contributed by atoms with Crippen molar-refractivity contribution >= 4 is 22.9 Å². The normalized spacial score (nSPS) is 13.4. The number of carbonyl (C=O) groups excluding carboxylic acids is 1. The lowest BCUT2D eigenvalue weighted by Gasteiger charge is -2.15. The van der Waals surface area contributed by atoms with E-state index < -0.39 is 0 Å². The fourth-order valence-corrected chi connectivity index (χ4v) is 3.16. The van der Waals surface area contributed by atoms with Crippen LogP contribution in [0.15, 0.2) is 54.5 Å². The van der Waals surface area contributed by atoms with Gasteiger partial charge in [0.2, 0.25) is 0 Å². The van der Waals surface area contributed by atoms with Crippen LogP contribution in [0, 0.1) is 0 Å². The van der Waals surface area contributed by atoms with E-state index in [9.17, 15) is 4.79 Å². The lowest BCUT2D eigenvalue weighted by molar-refractivity contribution is -0.139. The van der Waals surface area contributed by atoms with E-state index in [1.54, 1.807) is 6.20 Å². The van der Waals surface area contributed by atoms with Gasteiger partial charge in [-0.25, -0.2) is 4.79 Å². The van der Waals surface area contributed by atoms with Gasteiger partial charge in [-0.05, 0) is 47.7 Å². The molecule has 0 bridgehead atoms. The Morgan fingerprint density at radius 2 is 2.12 bits per heavy atom. The molecule has 4 nitrogen and oxygen atoms in total. The molecule has 120 valence electrons. The van der Waals surface area contributed by atoms with Crippen molar-refractivity contribution < 1.29 is 9.53 Å². The van der Waals surface area contributed by atoms with E-state index >= 15 is 0 Å². The number of aromatic nitrogens is 2. The minimum Gasteiger partial charge on any atom is -0.462 e. The SMILES string of the molecule is O=C(OCCc1c[nH]c2ccccc12)C1=Cc2ccncc2CC1. The molecule has 4 rings (SSSR count). The Morgan fingerprint density at radius 1 is 1.21 bits per heavy atom. The molecule has 2 aromatic heterocycles. The number of aromatic amines is 1. The van der Waals surface area contributed by atoms with E-state index in [0.29, 0.717) is 19.4 Å². The third-order valence-electron chi connectivity index (χ3n) is 4.48. The number of H-pyrrole nitrogens is 1. The number of benzene rings is 1. The number of fused-ring (bicyclic) bond motifs is 2. The highest BCUT2D eigenvalue weighted by Crippen LogP contribution is 2.24. The maximum Gasteiger partial charge on any atom is 0.334 e. The molecule has 4 heteroatoms. The number of pyridine rings is 1. The number of esters is 1. The zero-order valence-electron chi connectivity index (χ0n) is 13.3. The summed E-state index contributed by atoms with van der Waals surface area (Å²) in [6.45, 7) is 0.390. The van der Waals surface area contributed by atoms with E-state index in [0.717, 1.165) is 23.1 Å². The summed E-state index contributed by atoms with van der Waals surface area (Å²) in [5.74, 6) is -0.211. The van der Waals surface area contributed by atoms with Gasteiger partial charge in [0.1, 0.15) is 0 Å². The average Bonchev–Trinajstić information content (AvgIpc) is 3.04. The van der Waals surface area contributed by atoms with Crippen molar-refractivity contribution in [3.05, 3.63) is 71.2 Å². The monoisotopic (exact) mass is 318 g/mol. The van der Waals surface area contributed by atoms with Crippen molar-refractivity contribution in [3.63, 3.8) is 0 Å². The third kappa shape index (κ3) is 2.83. The van der Waals surface area contributed by atoms with Crippen LogP contribution < -0.4 is 0 Å². The van der Waals surface area contributed by atoms with Crippen molar-refractivity contribution in [1.82, 2.24) is 9.97 Å². The van der Waals surface area contributed by atoms with Gasteiger partial charge in [0, 0.05) is 41.5 Å². The molecule has 0 saturated carbocycles. The van der Waals surface area contributed by atoms with Crippen LogP contribution in [0.2, 0.25) is 0 Å². The molecule has 0 radical (unpaired) electrons. The summed E-state index contributed by atoms with van der Waals surface area (Å²) < 4.78 is 5.48. The summed E-state index contributed by atoms with van der Waals surface area (Å²) in [7, 11) is 0. The Bertz CT molecular complexity index is 924. The topological polar surface area (TPSA) is 55.0 Å². The first-order valence-electron chi connectivity index (χ1n) is 8.17. The van der Waals surface area contributed by atoms with Crippen LogP contribution in [-0.4, -0.2) is 22.5 Å². The first kappa shape index (κ1) is 14.7. The highest BCUT2D eigenvalue weighted by molar-refractivity contribution is 5.94. The molecule has 3 aromatic rings. The smallest absolute Gasteiger partial charge is 0.334 e. The molecule has 1 aliphatic carbocycles. The van der Waals surface area contributed by atoms with E-state index in [4.69, 9.17) is 4.74 Å². The van der Waals surface area contributed by atoms with Gasteiger partial charge in [0.25, 0.3) is 0 Å². The van der Waals surface area contributed by atoms with E-state index in [-0.39, 0.29) is 5.97 Å². The lowest BCUT2D eigenvalue weighted by atomic mass is 9.94. The van der Waals surface area contributed by atoms with E-state index in [1.807, 2.05) is 42.7 Å². The number of carbonyl (C=O) groups is 1. The number of nitrogens with zero attached hydrogens (tertiary/aromatic N) is 1. The molecule has 0 unspecified atom stereocenters. The number of rotatable bonds is 4. The number of hydrogen-bond donors (Lipinski definition) is 1. The van der Waals surface area contributed by atoms with Crippen molar-refractivity contribution in [1.29, 1.82) is 0 Å². The van der Waals surface area contributed by atoms with Crippen molar-refractivity contribution in [2.45, 2.75) is 19.3 Å². The van der Waals surface area contributed by atoms with Crippen molar-refractivity contribution in [2.24, 2.45) is 0 Å². The summed E-state index contributed by atoms with van der Waals surface area (Å²) in [5, 5.41) is 1.19. The molecule has 0 atom stereocenters. The summed E-state index contributed by atoms with van der Waals surface area (Å²) in [4.78, 5) is 19.7.